The zero-order valence-electron chi connectivity index (χ0n) is 23.9. The largest absolute Gasteiger partial charge is 0.352 e. The van der Waals surface area contributed by atoms with Gasteiger partial charge in [-0.1, -0.05) is 66.6 Å². The summed E-state index contributed by atoms with van der Waals surface area (Å²) in [5.74, 6) is -0.820. The molecule has 3 aromatic rings. The third kappa shape index (κ3) is 7.43. The summed E-state index contributed by atoms with van der Waals surface area (Å²) >= 11 is 6.45. The number of carbonyl (C=O) groups is 2. The predicted molar refractivity (Wildman–Crippen MR) is 161 cm³/mol. The molecule has 0 saturated heterocycles. The highest BCUT2D eigenvalue weighted by Gasteiger charge is 2.34. The van der Waals surface area contributed by atoms with E-state index in [0.29, 0.717) is 28.3 Å². The SMILES string of the molecule is CC[C@@H](C(=O)NC(C)C)N(Cc1ccccc1Cl)C(=O)CN(c1cc(C)ccc1C)S(=O)(=O)c1ccc(C)cc1. The molecule has 40 heavy (non-hydrogen) atoms. The van der Waals surface area contributed by atoms with Gasteiger partial charge >= 0.3 is 0 Å². The molecule has 0 radical (unpaired) electrons. The maximum absolute atomic E-state index is 14.2. The van der Waals surface area contributed by atoms with Gasteiger partial charge < -0.3 is 10.2 Å². The van der Waals surface area contributed by atoms with E-state index < -0.39 is 28.5 Å². The first kappa shape index (κ1) is 31.2. The number of nitrogens with zero attached hydrogens (tertiary/aromatic N) is 2. The van der Waals surface area contributed by atoms with Gasteiger partial charge in [0.25, 0.3) is 10.0 Å². The molecule has 214 valence electrons. The van der Waals surface area contributed by atoms with Crippen molar-refractivity contribution in [1.29, 1.82) is 0 Å². The van der Waals surface area contributed by atoms with Crippen molar-refractivity contribution < 1.29 is 18.0 Å². The van der Waals surface area contributed by atoms with Gasteiger partial charge in [0.1, 0.15) is 12.6 Å². The van der Waals surface area contributed by atoms with Crippen LogP contribution in [0.3, 0.4) is 0 Å². The van der Waals surface area contributed by atoms with E-state index in [1.165, 1.54) is 4.90 Å². The topological polar surface area (TPSA) is 86.8 Å². The fraction of sp³-hybridized carbons (Fsp3) is 0.355. The summed E-state index contributed by atoms with van der Waals surface area (Å²) in [7, 11) is -4.13. The van der Waals surface area contributed by atoms with Crippen LogP contribution in [0, 0.1) is 20.8 Å². The smallest absolute Gasteiger partial charge is 0.264 e. The van der Waals surface area contributed by atoms with E-state index in [0.717, 1.165) is 15.4 Å². The van der Waals surface area contributed by atoms with Crippen LogP contribution in [0.5, 0.6) is 0 Å². The summed E-state index contributed by atoms with van der Waals surface area (Å²) in [4.78, 5) is 28.9. The molecule has 0 aliphatic rings. The Morgan fingerprint density at radius 3 is 2.15 bits per heavy atom. The molecule has 0 saturated carbocycles. The quantitative estimate of drug-likeness (QED) is 0.309. The fourth-order valence-corrected chi connectivity index (χ4v) is 6.12. The van der Waals surface area contributed by atoms with Crippen LogP contribution in [0.2, 0.25) is 5.02 Å². The molecule has 0 aliphatic heterocycles. The van der Waals surface area contributed by atoms with Gasteiger partial charge in [-0.3, -0.25) is 13.9 Å². The van der Waals surface area contributed by atoms with Gasteiger partial charge in [-0.2, -0.15) is 0 Å². The fourth-order valence-electron chi connectivity index (χ4n) is 4.45. The van der Waals surface area contributed by atoms with E-state index in [1.807, 2.05) is 59.7 Å². The number of amides is 2. The molecule has 3 aromatic carbocycles. The number of aryl methyl sites for hydroxylation is 3. The van der Waals surface area contributed by atoms with Gasteiger partial charge in [0.05, 0.1) is 10.6 Å². The second-order valence-corrected chi connectivity index (χ2v) is 12.6. The molecule has 3 rings (SSSR count). The van der Waals surface area contributed by atoms with Crippen LogP contribution in [0.4, 0.5) is 5.69 Å². The Morgan fingerprint density at radius 2 is 1.55 bits per heavy atom. The Balaban J connectivity index is 2.12. The molecule has 0 spiro atoms. The lowest BCUT2D eigenvalue weighted by atomic mass is 10.1. The molecular formula is C31H38ClN3O4S. The van der Waals surface area contributed by atoms with Gasteiger partial charge in [0.15, 0.2) is 0 Å². The summed E-state index contributed by atoms with van der Waals surface area (Å²) < 4.78 is 29.3. The number of rotatable bonds is 11. The highest BCUT2D eigenvalue weighted by Crippen LogP contribution is 2.29. The standard InChI is InChI=1S/C31H38ClN3O4S/c1-7-28(31(37)33-21(2)3)34(19-25-10-8-9-11-27(25)32)30(36)20-35(29-18-23(5)12-15-24(29)6)40(38,39)26-16-13-22(4)14-17-26/h8-18,21,28H,7,19-20H2,1-6H3,(H,33,37)/t28-/m0/s1. The second-order valence-electron chi connectivity index (χ2n) is 10.3. The molecule has 2 amide bonds. The Bertz CT molecular complexity index is 1460. The molecule has 0 fully saturated rings. The van der Waals surface area contributed by atoms with Crippen LogP contribution in [0.1, 0.15) is 49.4 Å². The molecular weight excluding hydrogens is 546 g/mol. The number of benzene rings is 3. The lowest BCUT2D eigenvalue weighted by Gasteiger charge is -2.34. The van der Waals surface area contributed by atoms with Crippen molar-refractivity contribution in [3.05, 3.63) is 94.0 Å². The van der Waals surface area contributed by atoms with Crippen molar-refractivity contribution in [3.63, 3.8) is 0 Å². The zero-order valence-corrected chi connectivity index (χ0v) is 25.5. The summed E-state index contributed by atoms with van der Waals surface area (Å²) in [5.41, 5.74) is 3.55. The van der Waals surface area contributed by atoms with Gasteiger partial charge in [-0.15, -0.1) is 0 Å². The van der Waals surface area contributed by atoms with Crippen molar-refractivity contribution in [3.8, 4) is 0 Å². The van der Waals surface area contributed by atoms with E-state index >= 15 is 0 Å². The Labute approximate surface area is 243 Å². The van der Waals surface area contributed by atoms with Gasteiger partial charge in [-0.05, 0) is 82.0 Å². The number of sulfonamides is 1. The number of nitrogens with one attached hydrogen (secondary N) is 1. The molecule has 1 atom stereocenters. The summed E-state index contributed by atoms with van der Waals surface area (Å²) in [6, 6.07) is 18.2. The summed E-state index contributed by atoms with van der Waals surface area (Å²) in [5, 5.41) is 3.35. The minimum atomic E-state index is -4.13. The molecule has 7 nitrogen and oxygen atoms in total. The maximum atomic E-state index is 14.2. The minimum absolute atomic E-state index is 0.0494. The zero-order chi connectivity index (χ0) is 29.6. The number of hydrogen-bond donors (Lipinski definition) is 1. The third-order valence-corrected chi connectivity index (χ3v) is 8.78. The summed E-state index contributed by atoms with van der Waals surface area (Å²) in [6.45, 7) is 10.6. The van der Waals surface area contributed by atoms with Crippen LogP contribution in [-0.2, 0) is 26.2 Å². The number of anilines is 1. The average molecular weight is 584 g/mol. The van der Waals surface area contributed by atoms with Crippen LogP contribution >= 0.6 is 11.6 Å². The first-order valence-electron chi connectivity index (χ1n) is 13.3. The Kier molecular flexibility index (Phi) is 10.4. The van der Waals surface area contributed by atoms with Gasteiger partial charge in [0, 0.05) is 17.6 Å². The Morgan fingerprint density at radius 1 is 0.925 bits per heavy atom. The van der Waals surface area contributed by atoms with Gasteiger partial charge in [-0.25, -0.2) is 8.42 Å². The molecule has 0 unspecified atom stereocenters. The highest BCUT2D eigenvalue weighted by atomic mass is 35.5. The lowest BCUT2D eigenvalue weighted by molar-refractivity contribution is -0.140. The first-order chi connectivity index (χ1) is 18.8. The van der Waals surface area contributed by atoms with Crippen LogP contribution < -0.4 is 9.62 Å². The molecule has 0 aliphatic carbocycles. The molecule has 9 heteroatoms. The first-order valence-corrected chi connectivity index (χ1v) is 15.2. The molecule has 0 bridgehead atoms. The van der Waals surface area contributed by atoms with Gasteiger partial charge in [0.2, 0.25) is 11.8 Å². The van der Waals surface area contributed by atoms with Crippen molar-refractivity contribution in [1.82, 2.24) is 10.2 Å². The average Bonchev–Trinajstić information content (AvgIpc) is 2.89. The van der Waals surface area contributed by atoms with E-state index in [-0.39, 0.29) is 23.4 Å². The third-order valence-electron chi connectivity index (χ3n) is 6.64. The van der Waals surface area contributed by atoms with Crippen molar-refractivity contribution in [2.45, 2.75) is 71.5 Å². The lowest BCUT2D eigenvalue weighted by Crippen LogP contribution is -2.53. The van der Waals surface area contributed by atoms with E-state index in [1.54, 1.807) is 48.5 Å². The minimum Gasteiger partial charge on any atom is -0.352 e. The number of halogens is 1. The normalized spacial score (nSPS) is 12.2. The molecule has 0 aromatic heterocycles. The Hall–Kier alpha value is -3.36. The van der Waals surface area contributed by atoms with E-state index in [9.17, 15) is 18.0 Å². The monoisotopic (exact) mass is 583 g/mol. The molecule has 1 N–H and O–H groups in total. The second kappa shape index (κ2) is 13.3. The van der Waals surface area contributed by atoms with Crippen molar-refractivity contribution in [2.75, 3.05) is 10.8 Å². The van der Waals surface area contributed by atoms with E-state index in [4.69, 9.17) is 11.6 Å². The summed E-state index contributed by atoms with van der Waals surface area (Å²) in [6.07, 6.45) is 0.336. The van der Waals surface area contributed by atoms with Crippen LogP contribution in [0.15, 0.2) is 71.6 Å². The molecule has 0 heterocycles. The van der Waals surface area contributed by atoms with Crippen molar-refractivity contribution >= 4 is 39.1 Å². The van der Waals surface area contributed by atoms with Crippen molar-refractivity contribution in [2.24, 2.45) is 0 Å². The number of carbonyl (C=O) groups excluding carboxylic acids is 2. The highest BCUT2D eigenvalue weighted by molar-refractivity contribution is 7.92. The predicted octanol–water partition coefficient (Wildman–Crippen LogP) is 5.79. The number of hydrogen-bond acceptors (Lipinski definition) is 4. The van der Waals surface area contributed by atoms with Crippen LogP contribution in [0.25, 0.3) is 0 Å². The maximum Gasteiger partial charge on any atom is 0.264 e. The van der Waals surface area contributed by atoms with Crippen LogP contribution in [-0.4, -0.2) is 43.8 Å². The van der Waals surface area contributed by atoms with E-state index in [2.05, 4.69) is 5.32 Å².